The fraction of sp³-hybridized carbons (Fsp3) is 0. The molecule has 0 fully saturated rings. The van der Waals surface area contributed by atoms with Crippen LogP contribution in [0.25, 0.3) is 0 Å². The Morgan fingerprint density at radius 1 is 1.19 bits per heavy atom. The average molecular weight is 220 g/mol. The summed E-state index contributed by atoms with van der Waals surface area (Å²) in [6, 6.07) is 6.09. The summed E-state index contributed by atoms with van der Waals surface area (Å²) in [6.45, 7) is 0. The predicted octanol–water partition coefficient (Wildman–Crippen LogP) is 1.69. The number of aromatic nitrogens is 2. The Kier molecular flexibility index (Phi) is 2.93. The van der Waals surface area contributed by atoms with Crippen molar-refractivity contribution >= 4 is 5.95 Å². The molecule has 5 nitrogen and oxygen atoms in total. The monoisotopic (exact) mass is 220 g/mol. The SMILES string of the molecule is NNc1ncc(Oc2ccccc2F)cn1. The number of nitrogens with zero attached hydrogens (tertiary/aromatic N) is 2. The number of ether oxygens (including phenoxy) is 1. The first-order valence-electron chi connectivity index (χ1n) is 4.50. The number of nitrogen functional groups attached to an aromatic ring is 1. The van der Waals surface area contributed by atoms with Crippen LogP contribution in [0.1, 0.15) is 0 Å². The van der Waals surface area contributed by atoms with E-state index in [1.54, 1.807) is 12.1 Å². The minimum absolute atomic E-state index is 0.125. The molecule has 0 aliphatic carbocycles. The van der Waals surface area contributed by atoms with E-state index in [-0.39, 0.29) is 11.7 Å². The minimum Gasteiger partial charge on any atom is -0.451 e. The third-order valence-electron chi connectivity index (χ3n) is 1.82. The summed E-state index contributed by atoms with van der Waals surface area (Å²) in [5.74, 6) is 5.39. The molecule has 2 rings (SSSR count). The van der Waals surface area contributed by atoms with Gasteiger partial charge in [-0.15, -0.1) is 0 Å². The summed E-state index contributed by atoms with van der Waals surface area (Å²) >= 11 is 0. The molecule has 2 aromatic rings. The lowest BCUT2D eigenvalue weighted by atomic mass is 10.3. The summed E-state index contributed by atoms with van der Waals surface area (Å²) in [4.78, 5) is 7.66. The van der Waals surface area contributed by atoms with Crippen LogP contribution in [-0.2, 0) is 0 Å². The summed E-state index contributed by atoms with van der Waals surface area (Å²) < 4.78 is 18.5. The van der Waals surface area contributed by atoms with Crippen LogP contribution in [0.2, 0.25) is 0 Å². The second-order valence-corrected chi connectivity index (χ2v) is 2.92. The van der Waals surface area contributed by atoms with Gasteiger partial charge in [-0.2, -0.15) is 0 Å². The second kappa shape index (κ2) is 4.54. The number of halogens is 1. The number of rotatable bonds is 3. The highest BCUT2D eigenvalue weighted by atomic mass is 19.1. The molecule has 0 radical (unpaired) electrons. The molecule has 6 heteroatoms. The maximum absolute atomic E-state index is 13.2. The van der Waals surface area contributed by atoms with Gasteiger partial charge in [0.1, 0.15) is 0 Å². The highest BCUT2D eigenvalue weighted by molar-refractivity contribution is 5.31. The molecule has 16 heavy (non-hydrogen) atoms. The summed E-state index contributed by atoms with van der Waals surface area (Å²) in [5, 5.41) is 0. The van der Waals surface area contributed by atoms with E-state index in [0.717, 1.165) is 0 Å². The third kappa shape index (κ3) is 2.23. The van der Waals surface area contributed by atoms with Crippen LogP contribution in [0, 0.1) is 5.82 Å². The van der Waals surface area contributed by atoms with Crippen LogP contribution in [0.4, 0.5) is 10.3 Å². The van der Waals surface area contributed by atoms with E-state index in [1.807, 2.05) is 0 Å². The predicted molar refractivity (Wildman–Crippen MR) is 56.3 cm³/mol. The lowest BCUT2D eigenvalue weighted by molar-refractivity contribution is 0.439. The zero-order valence-electron chi connectivity index (χ0n) is 8.22. The Labute approximate surface area is 91.1 Å². The van der Waals surface area contributed by atoms with Crippen molar-refractivity contribution in [1.29, 1.82) is 0 Å². The van der Waals surface area contributed by atoms with Crippen molar-refractivity contribution in [2.75, 3.05) is 5.43 Å². The summed E-state index contributed by atoms with van der Waals surface area (Å²) in [6.07, 6.45) is 2.79. The molecule has 82 valence electrons. The van der Waals surface area contributed by atoms with E-state index < -0.39 is 5.82 Å². The van der Waals surface area contributed by atoms with Crippen LogP contribution in [0.15, 0.2) is 36.7 Å². The molecule has 1 heterocycles. The van der Waals surface area contributed by atoms with Crippen molar-refractivity contribution < 1.29 is 9.13 Å². The number of nitrogens with one attached hydrogen (secondary N) is 1. The molecule has 1 aromatic heterocycles. The van der Waals surface area contributed by atoms with Gasteiger partial charge in [0.2, 0.25) is 5.95 Å². The Morgan fingerprint density at radius 3 is 2.50 bits per heavy atom. The maximum Gasteiger partial charge on any atom is 0.237 e. The van der Waals surface area contributed by atoms with Crippen molar-refractivity contribution in [3.8, 4) is 11.5 Å². The van der Waals surface area contributed by atoms with Gasteiger partial charge < -0.3 is 4.74 Å². The Morgan fingerprint density at radius 2 is 1.88 bits per heavy atom. The number of benzene rings is 1. The molecule has 0 bridgehead atoms. The van der Waals surface area contributed by atoms with Crippen LogP contribution in [-0.4, -0.2) is 9.97 Å². The summed E-state index contributed by atoms with van der Waals surface area (Å²) in [7, 11) is 0. The molecule has 3 N–H and O–H groups in total. The molecule has 0 amide bonds. The highest BCUT2D eigenvalue weighted by Crippen LogP contribution is 2.22. The van der Waals surface area contributed by atoms with Gasteiger partial charge in [-0.1, -0.05) is 12.1 Å². The molecular formula is C10H9FN4O. The molecular weight excluding hydrogens is 211 g/mol. The van der Waals surface area contributed by atoms with Gasteiger partial charge in [-0.25, -0.2) is 20.2 Å². The first-order chi connectivity index (χ1) is 7.79. The van der Waals surface area contributed by atoms with Crippen molar-refractivity contribution in [3.63, 3.8) is 0 Å². The first kappa shape index (κ1) is 10.3. The van der Waals surface area contributed by atoms with Gasteiger partial charge >= 0.3 is 0 Å². The largest absolute Gasteiger partial charge is 0.451 e. The minimum atomic E-state index is -0.441. The Bertz CT molecular complexity index is 475. The number of hydrogen-bond donors (Lipinski definition) is 2. The van der Waals surface area contributed by atoms with Gasteiger partial charge in [0.15, 0.2) is 17.3 Å². The number of hydrazine groups is 1. The standard InChI is InChI=1S/C10H9FN4O/c11-8-3-1-2-4-9(8)16-7-5-13-10(15-12)14-6-7/h1-6H,12H2,(H,13,14,15). The van der Waals surface area contributed by atoms with Crippen LogP contribution in [0.5, 0.6) is 11.5 Å². The second-order valence-electron chi connectivity index (χ2n) is 2.92. The van der Waals surface area contributed by atoms with Crippen LogP contribution in [0.3, 0.4) is 0 Å². The van der Waals surface area contributed by atoms with E-state index in [1.165, 1.54) is 24.5 Å². The Hall–Kier alpha value is -2.21. The van der Waals surface area contributed by atoms with Crippen molar-refractivity contribution in [2.45, 2.75) is 0 Å². The third-order valence-corrected chi connectivity index (χ3v) is 1.82. The molecule has 0 saturated heterocycles. The lowest BCUT2D eigenvalue weighted by Gasteiger charge is -2.05. The lowest BCUT2D eigenvalue weighted by Crippen LogP contribution is -2.09. The van der Waals surface area contributed by atoms with Crippen LogP contribution < -0.4 is 16.0 Å². The maximum atomic E-state index is 13.2. The van der Waals surface area contributed by atoms with Gasteiger partial charge in [0.25, 0.3) is 0 Å². The van der Waals surface area contributed by atoms with Crippen LogP contribution >= 0.6 is 0 Å². The van der Waals surface area contributed by atoms with E-state index >= 15 is 0 Å². The van der Waals surface area contributed by atoms with Gasteiger partial charge in [0, 0.05) is 0 Å². The number of nitrogens with two attached hydrogens (primary N) is 1. The average Bonchev–Trinajstić information content (AvgIpc) is 2.33. The smallest absolute Gasteiger partial charge is 0.237 e. The zero-order chi connectivity index (χ0) is 11.4. The quantitative estimate of drug-likeness (QED) is 0.608. The van der Waals surface area contributed by atoms with E-state index in [2.05, 4.69) is 15.4 Å². The van der Waals surface area contributed by atoms with Crippen molar-refractivity contribution in [3.05, 3.63) is 42.5 Å². The zero-order valence-corrected chi connectivity index (χ0v) is 8.22. The molecule has 0 unspecified atom stereocenters. The topological polar surface area (TPSA) is 73.1 Å². The molecule has 0 spiro atoms. The molecule has 0 aliphatic heterocycles. The normalized spacial score (nSPS) is 9.88. The first-order valence-corrected chi connectivity index (χ1v) is 4.50. The fourth-order valence-electron chi connectivity index (χ4n) is 1.10. The molecule has 0 atom stereocenters. The summed E-state index contributed by atoms with van der Waals surface area (Å²) in [5.41, 5.74) is 2.28. The Balaban J connectivity index is 2.18. The van der Waals surface area contributed by atoms with Crippen molar-refractivity contribution in [2.24, 2.45) is 5.84 Å². The van der Waals surface area contributed by atoms with Gasteiger partial charge in [-0.3, -0.25) is 5.43 Å². The van der Waals surface area contributed by atoms with E-state index in [9.17, 15) is 4.39 Å². The highest BCUT2D eigenvalue weighted by Gasteiger charge is 2.03. The van der Waals surface area contributed by atoms with E-state index in [0.29, 0.717) is 5.75 Å². The van der Waals surface area contributed by atoms with Gasteiger partial charge in [0.05, 0.1) is 12.4 Å². The molecule has 0 aliphatic rings. The number of para-hydroxylation sites is 1. The van der Waals surface area contributed by atoms with Gasteiger partial charge in [-0.05, 0) is 12.1 Å². The van der Waals surface area contributed by atoms with E-state index in [4.69, 9.17) is 10.6 Å². The number of anilines is 1. The molecule has 1 aromatic carbocycles. The number of hydrogen-bond acceptors (Lipinski definition) is 5. The fourth-order valence-corrected chi connectivity index (χ4v) is 1.10. The molecule has 0 saturated carbocycles. The van der Waals surface area contributed by atoms with Crippen molar-refractivity contribution in [1.82, 2.24) is 9.97 Å².